The second kappa shape index (κ2) is 10.9. The highest BCUT2D eigenvalue weighted by molar-refractivity contribution is 6.30. The molecule has 1 aromatic carbocycles. The number of piperidine rings is 1. The standard InChI is InChI=1S/C21H33ClN2O4/c1-21(2,3)28-20(26)24-9-7-16(8-10-24)14-23-15-17-13-18(22)5-6-19(17)27-12-4-11-25/h5-6,13,16,23,25H,4,7-12,14-15H2,1-3H3. The van der Waals surface area contributed by atoms with Crippen LogP contribution in [0.4, 0.5) is 4.79 Å². The van der Waals surface area contributed by atoms with Crippen molar-refractivity contribution in [2.45, 2.75) is 52.2 Å². The number of amides is 1. The Kier molecular flexibility index (Phi) is 8.86. The molecule has 0 aliphatic carbocycles. The van der Waals surface area contributed by atoms with Crippen LogP contribution in [0, 0.1) is 5.92 Å². The number of rotatable bonds is 8. The first kappa shape index (κ1) is 22.8. The maximum absolute atomic E-state index is 12.1. The molecule has 0 bridgehead atoms. The lowest BCUT2D eigenvalue weighted by Gasteiger charge is -2.33. The van der Waals surface area contributed by atoms with Gasteiger partial charge < -0.3 is 24.8 Å². The van der Waals surface area contributed by atoms with E-state index >= 15 is 0 Å². The van der Waals surface area contributed by atoms with E-state index in [1.165, 1.54) is 0 Å². The number of likely N-dealkylation sites (tertiary alicyclic amines) is 1. The van der Waals surface area contributed by atoms with Crippen LogP contribution in [0.15, 0.2) is 18.2 Å². The van der Waals surface area contributed by atoms with E-state index in [0.717, 1.165) is 43.8 Å². The molecule has 28 heavy (non-hydrogen) atoms. The maximum atomic E-state index is 12.1. The number of ether oxygens (including phenoxy) is 2. The van der Waals surface area contributed by atoms with Gasteiger partial charge in [-0.05, 0) is 64.3 Å². The number of hydrogen-bond donors (Lipinski definition) is 2. The Balaban J connectivity index is 1.76. The minimum Gasteiger partial charge on any atom is -0.493 e. The first-order chi connectivity index (χ1) is 13.3. The van der Waals surface area contributed by atoms with Crippen LogP contribution in [0.2, 0.25) is 5.02 Å². The molecule has 0 unspecified atom stereocenters. The smallest absolute Gasteiger partial charge is 0.410 e. The third-order valence-electron chi connectivity index (χ3n) is 4.60. The van der Waals surface area contributed by atoms with Crippen molar-refractivity contribution in [2.24, 2.45) is 5.92 Å². The lowest BCUT2D eigenvalue weighted by atomic mass is 9.97. The Bertz CT molecular complexity index is 625. The molecule has 2 N–H and O–H groups in total. The largest absolute Gasteiger partial charge is 0.493 e. The topological polar surface area (TPSA) is 71.0 Å². The summed E-state index contributed by atoms with van der Waals surface area (Å²) >= 11 is 6.12. The molecule has 1 amide bonds. The van der Waals surface area contributed by atoms with E-state index in [2.05, 4.69) is 5.32 Å². The van der Waals surface area contributed by atoms with Gasteiger partial charge in [0.25, 0.3) is 0 Å². The highest BCUT2D eigenvalue weighted by atomic mass is 35.5. The quantitative estimate of drug-likeness (QED) is 0.635. The lowest BCUT2D eigenvalue weighted by molar-refractivity contribution is 0.0184. The number of benzene rings is 1. The summed E-state index contributed by atoms with van der Waals surface area (Å²) < 4.78 is 11.2. The third kappa shape index (κ3) is 7.86. The molecule has 0 atom stereocenters. The predicted octanol–water partition coefficient (Wildman–Crippen LogP) is 3.84. The molecule has 0 aromatic heterocycles. The molecule has 1 fully saturated rings. The van der Waals surface area contributed by atoms with Gasteiger partial charge in [0.15, 0.2) is 0 Å². The third-order valence-corrected chi connectivity index (χ3v) is 4.83. The molecule has 0 saturated carbocycles. The fraction of sp³-hybridized carbons (Fsp3) is 0.667. The van der Waals surface area contributed by atoms with Crippen molar-refractivity contribution in [3.8, 4) is 5.75 Å². The minimum absolute atomic E-state index is 0.114. The fourth-order valence-electron chi connectivity index (χ4n) is 3.13. The molecular weight excluding hydrogens is 380 g/mol. The molecule has 1 aliphatic rings. The van der Waals surface area contributed by atoms with Crippen LogP contribution >= 0.6 is 11.6 Å². The molecule has 1 saturated heterocycles. The van der Waals surface area contributed by atoms with Gasteiger partial charge in [0.05, 0.1) is 6.61 Å². The van der Waals surface area contributed by atoms with Gasteiger partial charge in [-0.25, -0.2) is 4.79 Å². The molecule has 1 aromatic rings. The summed E-state index contributed by atoms with van der Waals surface area (Å²) in [7, 11) is 0. The Labute approximate surface area is 173 Å². The minimum atomic E-state index is -0.455. The summed E-state index contributed by atoms with van der Waals surface area (Å²) in [5.41, 5.74) is 0.556. The Morgan fingerprint density at radius 2 is 2.04 bits per heavy atom. The van der Waals surface area contributed by atoms with Crippen LogP contribution in [0.25, 0.3) is 0 Å². The molecule has 2 rings (SSSR count). The number of halogens is 1. The lowest BCUT2D eigenvalue weighted by Crippen LogP contribution is -2.43. The number of nitrogens with zero attached hydrogens (tertiary/aromatic N) is 1. The van der Waals surface area contributed by atoms with E-state index in [9.17, 15) is 4.79 Å². The van der Waals surface area contributed by atoms with Crippen molar-refractivity contribution >= 4 is 17.7 Å². The second-order valence-corrected chi connectivity index (χ2v) is 8.66. The second-order valence-electron chi connectivity index (χ2n) is 8.22. The zero-order valence-corrected chi connectivity index (χ0v) is 17.9. The van der Waals surface area contributed by atoms with Gasteiger partial charge in [0.1, 0.15) is 11.4 Å². The van der Waals surface area contributed by atoms with Crippen LogP contribution in [0.5, 0.6) is 5.75 Å². The van der Waals surface area contributed by atoms with Gasteiger partial charge in [-0.15, -0.1) is 0 Å². The normalized spacial score (nSPS) is 15.5. The van der Waals surface area contributed by atoms with Crippen molar-refractivity contribution in [3.05, 3.63) is 28.8 Å². The van der Waals surface area contributed by atoms with Crippen LogP contribution in [-0.2, 0) is 11.3 Å². The molecule has 0 spiro atoms. The van der Waals surface area contributed by atoms with Gasteiger partial charge in [0, 0.05) is 43.2 Å². The highest BCUT2D eigenvalue weighted by Gasteiger charge is 2.26. The van der Waals surface area contributed by atoms with Gasteiger partial charge in [-0.1, -0.05) is 11.6 Å². The van der Waals surface area contributed by atoms with E-state index in [-0.39, 0.29) is 12.7 Å². The van der Waals surface area contributed by atoms with Gasteiger partial charge in [-0.2, -0.15) is 0 Å². The monoisotopic (exact) mass is 412 g/mol. The molecule has 0 radical (unpaired) electrons. The maximum Gasteiger partial charge on any atom is 0.410 e. The van der Waals surface area contributed by atoms with E-state index in [1.807, 2.05) is 39.0 Å². The molecule has 158 valence electrons. The van der Waals surface area contributed by atoms with Crippen LogP contribution < -0.4 is 10.1 Å². The van der Waals surface area contributed by atoms with Crippen LogP contribution in [0.3, 0.4) is 0 Å². The summed E-state index contributed by atoms with van der Waals surface area (Å²) in [5, 5.41) is 13.1. The summed E-state index contributed by atoms with van der Waals surface area (Å²) in [6.45, 7) is 9.27. The Morgan fingerprint density at radius 1 is 1.32 bits per heavy atom. The Morgan fingerprint density at radius 3 is 2.68 bits per heavy atom. The molecule has 1 heterocycles. The van der Waals surface area contributed by atoms with E-state index < -0.39 is 5.60 Å². The number of nitrogens with one attached hydrogen (secondary N) is 1. The number of carbonyl (C=O) groups excluding carboxylic acids is 1. The predicted molar refractivity (Wildman–Crippen MR) is 111 cm³/mol. The van der Waals surface area contributed by atoms with Crippen LogP contribution in [-0.4, -0.2) is 54.5 Å². The average Bonchev–Trinajstić information content (AvgIpc) is 2.63. The zero-order valence-electron chi connectivity index (χ0n) is 17.2. The van der Waals surface area contributed by atoms with Crippen molar-refractivity contribution in [3.63, 3.8) is 0 Å². The number of aliphatic hydroxyl groups is 1. The van der Waals surface area contributed by atoms with Gasteiger partial charge in [-0.3, -0.25) is 0 Å². The van der Waals surface area contributed by atoms with E-state index in [4.69, 9.17) is 26.2 Å². The first-order valence-electron chi connectivity index (χ1n) is 9.99. The van der Waals surface area contributed by atoms with Crippen molar-refractivity contribution < 1.29 is 19.4 Å². The number of aliphatic hydroxyl groups excluding tert-OH is 1. The van der Waals surface area contributed by atoms with Gasteiger partial charge >= 0.3 is 6.09 Å². The van der Waals surface area contributed by atoms with Gasteiger partial charge in [0.2, 0.25) is 0 Å². The summed E-state index contributed by atoms with van der Waals surface area (Å²) in [6, 6.07) is 5.59. The number of hydrogen-bond acceptors (Lipinski definition) is 5. The summed E-state index contributed by atoms with van der Waals surface area (Å²) in [6.07, 6.45) is 2.30. The van der Waals surface area contributed by atoms with E-state index in [0.29, 0.717) is 30.5 Å². The first-order valence-corrected chi connectivity index (χ1v) is 10.4. The Hall–Kier alpha value is -1.50. The SMILES string of the molecule is CC(C)(C)OC(=O)N1CCC(CNCc2cc(Cl)ccc2OCCCO)CC1. The van der Waals surface area contributed by atoms with Crippen molar-refractivity contribution in [2.75, 3.05) is 32.8 Å². The molecule has 1 aliphatic heterocycles. The molecular formula is C21H33ClN2O4. The summed E-state index contributed by atoms with van der Waals surface area (Å²) in [4.78, 5) is 13.9. The average molecular weight is 413 g/mol. The molecule has 6 nitrogen and oxygen atoms in total. The fourth-order valence-corrected chi connectivity index (χ4v) is 3.33. The zero-order chi connectivity index (χ0) is 20.6. The number of carbonyl (C=O) groups is 1. The van der Waals surface area contributed by atoms with E-state index in [1.54, 1.807) is 4.90 Å². The highest BCUT2D eigenvalue weighted by Crippen LogP contribution is 2.24. The molecule has 7 heteroatoms. The van der Waals surface area contributed by atoms with Crippen molar-refractivity contribution in [1.29, 1.82) is 0 Å². The summed E-state index contributed by atoms with van der Waals surface area (Å²) in [5.74, 6) is 1.32. The van der Waals surface area contributed by atoms with Crippen LogP contribution in [0.1, 0.15) is 45.6 Å². The van der Waals surface area contributed by atoms with Crippen molar-refractivity contribution in [1.82, 2.24) is 10.2 Å².